The third kappa shape index (κ3) is 3.15. The lowest BCUT2D eigenvalue weighted by atomic mass is 10.1. The lowest BCUT2D eigenvalue weighted by Gasteiger charge is -2.19. The van der Waals surface area contributed by atoms with Crippen LogP contribution in [0, 0.1) is 11.3 Å². The van der Waals surface area contributed by atoms with Crippen molar-refractivity contribution in [2.75, 3.05) is 26.2 Å². The summed E-state index contributed by atoms with van der Waals surface area (Å²) in [5.41, 5.74) is 5.84. The van der Waals surface area contributed by atoms with Crippen LogP contribution in [-0.4, -0.2) is 46.3 Å². The summed E-state index contributed by atoms with van der Waals surface area (Å²) in [7, 11) is 0. The van der Waals surface area contributed by atoms with E-state index in [1.54, 1.807) is 0 Å². The monoisotopic (exact) mass is 370 g/mol. The Labute approximate surface area is 163 Å². The normalized spacial score (nSPS) is 15.7. The van der Waals surface area contributed by atoms with E-state index < -0.39 is 0 Å². The van der Waals surface area contributed by atoms with Gasteiger partial charge in [0.15, 0.2) is 0 Å². The van der Waals surface area contributed by atoms with Gasteiger partial charge in [0.25, 0.3) is 0 Å². The van der Waals surface area contributed by atoms with E-state index in [1.807, 2.05) is 18.2 Å². The van der Waals surface area contributed by atoms with Crippen LogP contribution in [-0.2, 0) is 6.54 Å². The third-order valence-corrected chi connectivity index (χ3v) is 5.47. The molecule has 4 aromatic rings. The number of fused-ring (bicyclic) bond motifs is 2. The molecule has 0 radical (unpaired) electrons. The van der Waals surface area contributed by atoms with E-state index in [0.29, 0.717) is 5.56 Å². The standard InChI is InChI=1S/C22H22N6/c23-13-15-3-5-18-20(10-15)26-27-22(18)21-12-17-4-2-16(11-19(17)25-21)14-28-8-1-6-24-7-9-28/h2-5,10-12,24-25H,1,6-9,14H2,(H,26,27). The van der Waals surface area contributed by atoms with Crippen molar-refractivity contribution in [2.45, 2.75) is 13.0 Å². The molecular weight excluding hydrogens is 348 g/mol. The smallest absolute Gasteiger partial charge is 0.116 e. The summed E-state index contributed by atoms with van der Waals surface area (Å²) in [6, 6.07) is 16.6. The zero-order chi connectivity index (χ0) is 18.9. The Bertz CT molecular complexity index is 1170. The van der Waals surface area contributed by atoms with E-state index in [2.05, 4.69) is 55.7 Å². The highest BCUT2D eigenvalue weighted by Gasteiger charge is 2.13. The zero-order valence-electron chi connectivity index (χ0n) is 15.6. The SMILES string of the molecule is N#Cc1ccc2c(-c3cc4ccc(CN5CCCNCC5)cc4[nH]3)n[nH]c2c1. The topological polar surface area (TPSA) is 83.5 Å². The number of rotatable bonds is 3. The predicted molar refractivity (Wildman–Crippen MR) is 111 cm³/mol. The van der Waals surface area contributed by atoms with Gasteiger partial charge >= 0.3 is 0 Å². The number of nitrogens with zero attached hydrogens (tertiary/aromatic N) is 3. The van der Waals surface area contributed by atoms with Gasteiger partial charge < -0.3 is 10.3 Å². The maximum atomic E-state index is 9.08. The van der Waals surface area contributed by atoms with Crippen molar-refractivity contribution in [1.82, 2.24) is 25.4 Å². The number of hydrogen-bond acceptors (Lipinski definition) is 4. The number of aromatic nitrogens is 3. The van der Waals surface area contributed by atoms with Crippen molar-refractivity contribution in [3.05, 3.63) is 53.6 Å². The molecule has 28 heavy (non-hydrogen) atoms. The van der Waals surface area contributed by atoms with Crippen molar-refractivity contribution < 1.29 is 0 Å². The molecule has 0 spiro atoms. The van der Waals surface area contributed by atoms with E-state index in [4.69, 9.17) is 5.26 Å². The van der Waals surface area contributed by atoms with Crippen molar-refractivity contribution in [1.29, 1.82) is 5.26 Å². The molecule has 0 bridgehead atoms. The van der Waals surface area contributed by atoms with Crippen molar-refractivity contribution in [3.8, 4) is 17.5 Å². The molecule has 5 rings (SSSR count). The molecule has 1 saturated heterocycles. The fourth-order valence-corrected chi connectivity index (χ4v) is 4.01. The van der Waals surface area contributed by atoms with E-state index in [9.17, 15) is 0 Å². The van der Waals surface area contributed by atoms with Gasteiger partial charge in [0.05, 0.1) is 22.8 Å². The van der Waals surface area contributed by atoms with Gasteiger partial charge in [-0.2, -0.15) is 10.4 Å². The first-order valence-corrected chi connectivity index (χ1v) is 9.73. The Morgan fingerprint density at radius 3 is 2.93 bits per heavy atom. The molecule has 2 aromatic carbocycles. The average Bonchev–Trinajstić information content (AvgIpc) is 3.23. The summed E-state index contributed by atoms with van der Waals surface area (Å²) in [4.78, 5) is 6.04. The van der Waals surface area contributed by atoms with Crippen LogP contribution >= 0.6 is 0 Å². The molecule has 1 fully saturated rings. The maximum absolute atomic E-state index is 9.08. The minimum absolute atomic E-state index is 0.632. The highest BCUT2D eigenvalue weighted by molar-refractivity contribution is 5.96. The Morgan fingerprint density at radius 2 is 2.00 bits per heavy atom. The number of nitriles is 1. The van der Waals surface area contributed by atoms with Crippen molar-refractivity contribution in [2.24, 2.45) is 0 Å². The van der Waals surface area contributed by atoms with E-state index in [0.717, 1.165) is 60.5 Å². The van der Waals surface area contributed by atoms with Crippen LogP contribution in [0.4, 0.5) is 0 Å². The number of aromatic amines is 2. The van der Waals surface area contributed by atoms with Crippen LogP contribution in [0.2, 0.25) is 0 Å². The molecular formula is C22H22N6. The van der Waals surface area contributed by atoms with Gasteiger partial charge in [-0.3, -0.25) is 10.00 Å². The first-order chi connectivity index (χ1) is 13.8. The summed E-state index contributed by atoms with van der Waals surface area (Å²) in [5, 5.41) is 22.3. The zero-order valence-corrected chi connectivity index (χ0v) is 15.6. The lowest BCUT2D eigenvalue weighted by Crippen LogP contribution is -2.27. The molecule has 2 aromatic heterocycles. The second-order valence-electron chi connectivity index (χ2n) is 7.43. The summed E-state index contributed by atoms with van der Waals surface area (Å²) in [6.45, 7) is 5.40. The molecule has 1 aliphatic rings. The predicted octanol–water partition coefficient (Wildman–Crippen LogP) is 3.38. The van der Waals surface area contributed by atoms with E-state index in [1.165, 1.54) is 17.4 Å². The van der Waals surface area contributed by atoms with Crippen molar-refractivity contribution >= 4 is 21.8 Å². The van der Waals surface area contributed by atoms with E-state index >= 15 is 0 Å². The Hall–Kier alpha value is -3.14. The largest absolute Gasteiger partial charge is 0.353 e. The second kappa shape index (κ2) is 7.12. The van der Waals surface area contributed by atoms with Gasteiger partial charge in [-0.25, -0.2) is 0 Å². The highest BCUT2D eigenvalue weighted by atomic mass is 15.1. The molecule has 1 aliphatic heterocycles. The molecule has 0 amide bonds. The minimum Gasteiger partial charge on any atom is -0.353 e. The van der Waals surface area contributed by atoms with Gasteiger partial charge in [0, 0.05) is 35.9 Å². The van der Waals surface area contributed by atoms with E-state index in [-0.39, 0.29) is 0 Å². The molecule has 3 N–H and O–H groups in total. The molecule has 0 unspecified atom stereocenters. The molecule has 6 heteroatoms. The van der Waals surface area contributed by atoms with Crippen LogP contribution in [0.25, 0.3) is 33.2 Å². The molecule has 0 saturated carbocycles. The van der Waals surface area contributed by atoms with Gasteiger partial charge in [-0.15, -0.1) is 0 Å². The fourth-order valence-electron chi connectivity index (χ4n) is 4.01. The lowest BCUT2D eigenvalue weighted by molar-refractivity contribution is 0.284. The van der Waals surface area contributed by atoms with Crippen LogP contribution < -0.4 is 5.32 Å². The van der Waals surface area contributed by atoms with Crippen LogP contribution in [0.1, 0.15) is 17.5 Å². The number of benzene rings is 2. The quantitative estimate of drug-likeness (QED) is 0.516. The molecule has 140 valence electrons. The fraction of sp³-hybridized carbons (Fsp3) is 0.273. The first kappa shape index (κ1) is 17.0. The van der Waals surface area contributed by atoms with Gasteiger partial charge in [0.2, 0.25) is 0 Å². The average molecular weight is 370 g/mol. The molecule has 3 heterocycles. The Kier molecular flexibility index (Phi) is 4.32. The van der Waals surface area contributed by atoms with Gasteiger partial charge in [0.1, 0.15) is 5.69 Å². The summed E-state index contributed by atoms with van der Waals surface area (Å²) in [6.07, 6.45) is 1.20. The summed E-state index contributed by atoms with van der Waals surface area (Å²) in [5.74, 6) is 0. The molecule has 0 atom stereocenters. The van der Waals surface area contributed by atoms with Gasteiger partial charge in [-0.1, -0.05) is 12.1 Å². The Morgan fingerprint density at radius 1 is 1.04 bits per heavy atom. The Balaban J connectivity index is 1.46. The van der Waals surface area contributed by atoms with Gasteiger partial charge in [-0.05, 0) is 55.4 Å². The van der Waals surface area contributed by atoms with Crippen LogP contribution in [0.5, 0.6) is 0 Å². The number of hydrogen-bond donors (Lipinski definition) is 3. The summed E-state index contributed by atoms with van der Waals surface area (Å²) >= 11 is 0. The van der Waals surface area contributed by atoms with Crippen LogP contribution in [0.15, 0.2) is 42.5 Å². The number of H-pyrrole nitrogens is 2. The minimum atomic E-state index is 0.632. The second-order valence-corrected chi connectivity index (χ2v) is 7.43. The molecule has 6 nitrogen and oxygen atoms in total. The maximum Gasteiger partial charge on any atom is 0.116 e. The first-order valence-electron chi connectivity index (χ1n) is 9.73. The summed E-state index contributed by atoms with van der Waals surface area (Å²) < 4.78 is 0. The molecule has 0 aliphatic carbocycles. The third-order valence-electron chi connectivity index (χ3n) is 5.47. The number of nitrogens with one attached hydrogen (secondary N) is 3. The van der Waals surface area contributed by atoms with Crippen molar-refractivity contribution in [3.63, 3.8) is 0 Å². The highest BCUT2D eigenvalue weighted by Crippen LogP contribution is 2.29. The van der Waals surface area contributed by atoms with Crippen LogP contribution in [0.3, 0.4) is 0 Å².